The third-order valence-electron chi connectivity index (χ3n) is 0.870. The van der Waals surface area contributed by atoms with E-state index < -0.39 is 12.4 Å². The molecule has 0 atom stereocenters. The normalized spacial score (nSPS) is 8.59. The number of ketones is 1. The first kappa shape index (κ1) is 33.4. The monoisotopic (exact) mass is 357 g/mol. The molecule has 0 unspecified atom stereocenters. The number of aliphatic hydroxyl groups is 3. The van der Waals surface area contributed by atoms with Crippen LogP contribution in [0.3, 0.4) is 0 Å². The summed E-state index contributed by atoms with van der Waals surface area (Å²) in [6.07, 6.45) is 0.105. The van der Waals surface area contributed by atoms with Crippen molar-refractivity contribution in [2.24, 2.45) is 0 Å². The third-order valence-corrected chi connectivity index (χ3v) is 0.870. The zero-order chi connectivity index (χ0) is 18.0. The van der Waals surface area contributed by atoms with Crippen LogP contribution < -0.4 is 5.11 Å². The van der Waals surface area contributed by atoms with Gasteiger partial charge in [0.15, 0.2) is 0 Å². The van der Waals surface area contributed by atoms with Crippen LogP contribution in [0.4, 0.5) is 0 Å². The second-order valence-electron chi connectivity index (χ2n) is 5.12. The van der Waals surface area contributed by atoms with Gasteiger partial charge < -0.3 is 25.2 Å². The van der Waals surface area contributed by atoms with Crippen molar-refractivity contribution in [3.05, 3.63) is 0 Å². The van der Waals surface area contributed by atoms with E-state index in [4.69, 9.17) is 15.3 Å². The van der Waals surface area contributed by atoms with Crippen LogP contribution in [0.2, 0.25) is 0 Å². The minimum Gasteiger partial charge on any atom is -0.550 e. The molecule has 0 heterocycles. The zero-order valence-corrected chi connectivity index (χ0v) is 16.5. The molecular formula is C15H33O6Ti-. The molecule has 7 heteroatoms. The van der Waals surface area contributed by atoms with E-state index in [0.29, 0.717) is 12.8 Å². The van der Waals surface area contributed by atoms with Crippen LogP contribution in [0.25, 0.3) is 0 Å². The van der Waals surface area contributed by atoms with Crippen LogP contribution in [0, 0.1) is 0 Å². The van der Waals surface area contributed by atoms with Crippen molar-refractivity contribution in [2.75, 3.05) is 0 Å². The number of carboxylic acid groups (broad SMARTS) is 1. The van der Waals surface area contributed by atoms with Gasteiger partial charge in [0, 0.05) is 58.8 Å². The maximum atomic E-state index is 10.4. The predicted molar refractivity (Wildman–Crippen MR) is 81.6 cm³/mol. The van der Waals surface area contributed by atoms with Crippen molar-refractivity contribution < 1.29 is 51.7 Å². The Morgan fingerprint density at radius 3 is 1.23 bits per heavy atom. The molecule has 0 saturated heterocycles. The van der Waals surface area contributed by atoms with Gasteiger partial charge in [-0.25, -0.2) is 0 Å². The predicted octanol–water partition coefficient (Wildman–Crippen LogP) is 0.654. The van der Waals surface area contributed by atoms with Crippen LogP contribution >= 0.6 is 0 Å². The summed E-state index contributed by atoms with van der Waals surface area (Å²) in [7, 11) is 0. The Labute approximate surface area is 149 Å². The Morgan fingerprint density at radius 2 is 1.09 bits per heavy atom. The number of Topliss-reactive ketones (excluding diaryl/α,β-unsaturated/α-hetero) is 1. The molecule has 134 valence electrons. The van der Waals surface area contributed by atoms with Gasteiger partial charge in [-0.05, 0) is 48.0 Å². The fraction of sp³-hybridized carbons (Fsp3) is 0.867. The van der Waals surface area contributed by atoms with E-state index >= 15 is 0 Å². The summed E-state index contributed by atoms with van der Waals surface area (Å²) in [6, 6.07) is 0. The first-order valence-electron chi connectivity index (χ1n) is 7.12. The maximum Gasteiger partial charge on any atom is 0.138 e. The average molecular weight is 357 g/mol. The summed E-state index contributed by atoms with van der Waals surface area (Å²) in [6.45, 7) is 12.2. The molecule has 0 aromatic heterocycles. The zero-order valence-electron chi connectivity index (χ0n) is 14.9. The number of rotatable bonds is 4. The molecule has 22 heavy (non-hydrogen) atoms. The molecule has 3 N–H and O–H groups in total. The van der Waals surface area contributed by atoms with Gasteiger partial charge in [-0.3, -0.25) is 4.79 Å². The van der Waals surface area contributed by atoms with E-state index in [1.165, 1.54) is 0 Å². The molecule has 0 bridgehead atoms. The molecule has 6 nitrogen and oxygen atoms in total. The van der Waals surface area contributed by atoms with Gasteiger partial charge in [-0.2, -0.15) is 0 Å². The van der Waals surface area contributed by atoms with Gasteiger partial charge in [-0.15, -0.1) is 0 Å². The summed E-state index contributed by atoms with van der Waals surface area (Å²) >= 11 is 0. The molecule has 0 fully saturated rings. The summed E-state index contributed by atoms with van der Waals surface area (Å²) in [5, 5.41) is 33.9. The fourth-order valence-corrected chi connectivity index (χ4v) is 0.528. The van der Waals surface area contributed by atoms with Crippen molar-refractivity contribution in [1.29, 1.82) is 0 Å². The molecule has 0 radical (unpaired) electrons. The second kappa shape index (κ2) is 25.7. The van der Waals surface area contributed by atoms with Crippen molar-refractivity contribution >= 4 is 11.8 Å². The van der Waals surface area contributed by atoms with Crippen molar-refractivity contribution in [3.63, 3.8) is 0 Å². The Hall–Kier alpha value is -0.266. The Kier molecular flexibility index (Phi) is 38.9. The molecule has 0 saturated carbocycles. The maximum absolute atomic E-state index is 10.4. The van der Waals surface area contributed by atoms with Gasteiger partial charge in [0.2, 0.25) is 0 Å². The van der Waals surface area contributed by atoms with Crippen LogP contribution in [-0.2, 0) is 31.3 Å². The van der Waals surface area contributed by atoms with E-state index in [1.807, 2.05) is 6.92 Å². The van der Waals surface area contributed by atoms with Crippen LogP contribution in [0.15, 0.2) is 0 Å². The third kappa shape index (κ3) is 153. The van der Waals surface area contributed by atoms with Crippen LogP contribution in [0.1, 0.15) is 67.7 Å². The van der Waals surface area contributed by atoms with Crippen molar-refractivity contribution in [2.45, 2.75) is 86.0 Å². The summed E-state index contributed by atoms with van der Waals surface area (Å²) in [4.78, 5) is 20.2. The summed E-state index contributed by atoms with van der Waals surface area (Å²) < 4.78 is 0. The topological polar surface area (TPSA) is 118 Å². The molecule has 0 spiro atoms. The number of hydrogen-bond donors (Lipinski definition) is 3. The van der Waals surface area contributed by atoms with E-state index in [9.17, 15) is 14.7 Å². The van der Waals surface area contributed by atoms with E-state index in [-0.39, 0.29) is 45.8 Å². The number of aliphatic hydroxyl groups excluding tert-OH is 3. The Bertz CT molecular complexity index is 208. The summed E-state index contributed by atoms with van der Waals surface area (Å²) in [5.41, 5.74) is 0. The number of carbonyl (C=O) groups is 2. The molecule has 0 amide bonds. The van der Waals surface area contributed by atoms with Crippen LogP contribution in [-0.4, -0.2) is 45.4 Å². The second-order valence-corrected chi connectivity index (χ2v) is 5.12. The quantitative estimate of drug-likeness (QED) is 0.502. The van der Waals surface area contributed by atoms with Gasteiger partial charge in [0.25, 0.3) is 0 Å². The first-order valence-corrected chi connectivity index (χ1v) is 7.12. The fourth-order valence-electron chi connectivity index (χ4n) is 0.528. The average Bonchev–Trinajstić information content (AvgIpc) is 2.12. The number of aliphatic carboxylic acids is 1. The SMILES string of the molecule is CC(C)O.CC(C)O.CC(C)O.CCCC(=O)CC(=O)[O-].[Ti]. The molecule has 0 rings (SSSR count). The number of carboxylic acids is 1. The van der Waals surface area contributed by atoms with Crippen LogP contribution in [0.5, 0.6) is 0 Å². The standard InChI is InChI=1S/C6H10O3.3C3H8O.Ti/c1-2-3-5(7)4-6(8)9;3*1-3(2)4;/h2-4H2,1H3,(H,8,9);3*3-4H,1-2H3;/p-1. The smallest absolute Gasteiger partial charge is 0.138 e. The number of hydrogen-bond acceptors (Lipinski definition) is 6. The Balaban J connectivity index is -0.0000000632. The molecule has 0 aromatic carbocycles. The van der Waals surface area contributed by atoms with Gasteiger partial charge in [0.1, 0.15) is 5.78 Å². The molecular weight excluding hydrogens is 324 g/mol. The van der Waals surface area contributed by atoms with Gasteiger partial charge >= 0.3 is 0 Å². The summed E-state index contributed by atoms with van der Waals surface area (Å²) in [5.74, 6) is -1.54. The molecule has 0 aromatic rings. The molecule has 0 aliphatic carbocycles. The minimum absolute atomic E-state index is 0. The van der Waals surface area contributed by atoms with E-state index in [1.54, 1.807) is 41.5 Å². The van der Waals surface area contributed by atoms with Gasteiger partial charge in [0.05, 0.1) is 0 Å². The molecule has 0 aliphatic heterocycles. The van der Waals surface area contributed by atoms with Gasteiger partial charge in [-0.1, -0.05) is 6.92 Å². The van der Waals surface area contributed by atoms with Crippen molar-refractivity contribution in [3.8, 4) is 0 Å². The molecule has 0 aliphatic rings. The largest absolute Gasteiger partial charge is 0.550 e. The van der Waals surface area contributed by atoms with Crippen molar-refractivity contribution in [1.82, 2.24) is 0 Å². The number of carbonyl (C=O) groups excluding carboxylic acids is 2. The minimum atomic E-state index is -1.28. The Morgan fingerprint density at radius 1 is 0.864 bits per heavy atom. The first-order chi connectivity index (χ1) is 9.36. The van der Waals surface area contributed by atoms with E-state index in [0.717, 1.165) is 0 Å². The van der Waals surface area contributed by atoms with E-state index in [2.05, 4.69) is 0 Å².